The molecule has 0 aliphatic rings. The smallest absolute Gasteiger partial charge is 0.00401 e. The number of thiol groups is 1. The van der Waals surface area contributed by atoms with Gasteiger partial charge in [-0.05, 0) is 30.7 Å². The van der Waals surface area contributed by atoms with Gasteiger partial charge < -0.3 is 5.73 Å². The molecule has 0 aromatic heterocycles. The number of rotatable bonds is 2. The SMILES string of the molecule is NCCc1ccc(S)cc1. The largest absolute Gasteiger partial charge is 0.330 e. The van der Waals surface area contributed by atoms with Crippen molar-refractivity contribution in [2.75, 3.05) is 6.54 Å². The van der Waals surface area contributed by atoms with Crippen molar-refractivity contribution in [1.82, 2.24) is 0 Å². The van der Waals surface area contributed by atoms with Crippen molar-refractivity contribution in [3.63, 3.8) is 0 Å². The van der Waals surface area contributed by atoms with Crippen LogP contribution in [0.25, 0.3) is 0 Å². The van der Waals surface area contributed by atoms with Gasteiger partial charge in [-0.25, -0.2) is 0 Å². The van der Waals surface area contributed by atoms with Crippen molar-refractivity contribution in [3.05, 3.63) is 29.8 Å². The highest BCUT2D eigenvalue weighted by Gasteiger charge is 1.88. The second kappa shape index (κ2) is 3.64. The quantitative estimate of drug-likeness (QED) is 0.618. The van der Waals surface area contributed by atoms with Crippen molar-refractivity contribution in [3.8, 4) is 0 Å². The Bertz CT molecular complexity index is 193. The molecule has 0 radical (unpaired) electrons. The maximum absolute atomic E-state index is 5.38. The first-order valence-electron chi connectivity index (χ1n) is 3.31. The second-order valence-corrected chi connectivity index (χ2v) is 2.72. The zero-order valence-corrected chi connectivity index (χ0v) is 6.64. The van der Waals surface area contributed by atoms with Gasteiger partial charge in [0.1, 0.15) is 0 Å². The molecular weight excluding hydrogens is 142 g/mol. The average molecular weight is 153 g/mol. The summed E-state index contributed by atoms with van der Waals surface area (Å²) in [5, 5.41) is 0. The predicted molar refractivity (Wildman–Crippen MR) is 46.5 cm³/mol. The number of benzene rings is 1. The summed E-state index contributed by atoms with van der Waals surface area (Å²) < 4.78 is 0. The Morgan fingerprint density at radius 1 is 1.20 bits per heavy atom. The van der Waals surface area contributed by atoms with Crippen LogP contribution in [0, 0.1) is 0 Å². The third-order valence-corrected chi connectivity index (χ3v) is 1.67. The molecule has 0 saturated carbocycles. The van der Waals surface area contributed by atoms with E-state index >= 15 is 0 Å². The van der Waals surface area contributed by atoms with Crippen LogP contribution in [0.15, 0.2) is 29.2 Å². The van der Waals surface area contributed by atoms with E-state index in [-0.39, 0.29) is 0 Å². The van der Waals surface area contributed by atoms with Crippen molar-refractivity contribution in [2.24, 2.45) is 5.73 Å². The molecule has 1 rings (SSSR count). The molecule has 1 aromatic carbocycles. The maximum Gasteiger partial charge on any atom is 0.00401 e. The third-order valence-electron chi connectivity index (χ3n) is 1.37. The van der Waals surface area contributed by atoms with Gasteiger partial charge in [-0.2, -0.15) is 0 Å². The lowest BCUT2D eigenvalue weighted by Gasteiger charge is -1.96. The Morgan fingerprint density at radius 2 is 1.80 bits per heavy atom. The fourth-order valence-electron chi connectivity index (χ4n) is 0.829. The van der Waals surface area contributed by atoms with E-state index in [2.05, 4.69) is 24.8 Å². The Kier molecular flexibility index (Phi) is 2.78. The minimum absolute atomic E-state index is 0.714. The summed E-state index contributed by atoms with van der Waals surface area (Å²) in [7, 11) is 0. The van der Waals surface area contributed by atoms with Crippen LogP contribution in [-0.4, -0.2) is 6.54 Å². The Balaban J connectivity index is 2.69. The molecule has 1 aromatic rings. The van der Waals surface area contributed by atoms with Gasteiger partial charge in [0.05, 0.1) is 0 Å². The van der Waals surface area contributed by atoms with E-state index in [0.29, 0.717) is 6.54 Å². The average Bonchev–Trinajstić information content (AvgIpc) is 1.95. The summed E-state index contributed by atoms with van der Waals surface area (Å²) in [5.74, 6) is 0. The molecule has 0 aliphatic carbocycles. The minimum atomic E-state index is 0.714. The zero-order valence-electron chi connectivity index (χ0n) is 5.75. The number of nitrogens with two attached hydrogens (primary N) is 1. The topological polar surface area (TPSA) is 26.0 Å². The monoisotopic (exact) mass is 153 g/mol. The van der Waals surface area contributed by atoms with Gasteiger partial charge in [0, 0.05) is 4.90 Å². The Morgan fingerprint density at radius 3 is 2.30 bits per heavy atom. The van der Waals surface area contributed by atoms with Crippen LogP contribution in [0.2, 0.25) is 0 Å². The summed E-state index contributed by atoms with van der Waals surface area (Å²) in [5.41, 5.74) is 6.66. The van der Waals surface area contributed by atoms with Crippen molar-refractivity contribution in [1.29, 1.82) is 0 Å². The molecule has 10 heavy (non-hydrogen) atoms. The lowest BCUT2D eigenvalue weighted by atomic mass is 10.2. The van der Waals surface area contributed by atoms with E-state index in [0.717, 1.165) is 11.3 Å². The fourth-order valence-corrected chi connectivity index (χ4v) is 0.978. The van der Waals surface area contributed by atoms with Crippen LogP contribution in [0.1, 0.15) is 5.56 Å². The molecule has 2 N–H and O–H groups in total. The van der Waals surface area contributed by atoms with Gasteiger partial charge in [-0.15, -0.1) is 12.6 Å². The van der Waals surface area contributed by atoms with E-state index in [1.807, 2.05) is 12.1 Å². The molecule has 0 heterocycles. The van der Waals surface area contributed by atoms with E-state index in [1.165, 1.54) is 5.56 Å². The first-order valence-corrected chi connectivity index (χ1v) is 3.75. The molecule has 1 nitrogen and oxygen atoms in total. The highest BCUT2D eigenvalue weighted by Crippen LogP contribution is 2.07. The Hall–Kier alpha value is -0.470. The van der Waals surface area contributed by atoms with Crippen molar-refractivity contribution >= 4 is 12.6 Å². The maximum atomic E-state index is 5.38. The van der Waals surface area contributed by atoms with Crippen molar-refractivity contribution in [2.45, 2.75) is 11.3 Å². The molecule has 0 atom stereocenters. The molecule has 0 bridgehead atoms. The standard InChI is InChI=1S/C8H11NS/c9-6-5-7-1-3-8(10)4-2-7/h1-4,10H,5-6,9H2. The summed E-state index contributed by atoms with van der Waals surface area (Å²) in [6, 6.07) is 8.06. The number of hydrogen-bond donors (Lipinski definition) is 2. The lowest BCUT2D eigenvalue weighted by Crippen LogP contribution is -2.01. The molecule has 2 heteroatoms. The molecule has 0 aliphatic heterocycles. The molecule has 0 fully saturated rings. The van der Waals surface area contributed by atoms with Gasteiger partial charge in [-0.1, -0.05) is 12.1 Å². The molecule has 0 unspecified atom stereocenters. The summed E-state index contributed by atoms with van der Waals surface area (Å²) >= 11 is 4.17. The number of hydrogen-bond acceptors (Lipinski definition) is 2. The fraction of sp³-hybridized carbons (Fsp3) is 0.250. The first-order chi connectivity index (χ1) is 4.83. The van der Waals surface area contributed by atoms with E-state index < -0.39 is 0 Å². The zero-order chi connectivity index (χ0) is 7.40. The van der Waals surface area contributed by atoms with Crippen LogP contribution in [0.5, 0.6) is 0 Å². The van der Waals surface area contributed by atoms with E-state index in [1.54, 1.807) is 0 Å². The summed E-state index contributed by atoms with van der Waals surface area (Å²) in [6.07, 6.45) is 0.952. The molecule has 54 valence electrons. The van der Waals surface area contributed by atoms with Crippen LogP contribution < -0.4 is 5.73 Å². The Labute approximate surface area is 66.7 Å². The molecular formula is C8H11NS. The van der Waals surface area contributed by atoms with E-state index in [9.17, 15) is 0 Å². The normalized spacial score (nSPS) is 9.80. The molecule has 0 saturated heterocycles. The minimum Gasteiger partial charge on any atom is -0.330 e. The molecule has 0 amide bonds. The third kappa shape index (κ3) is 2.05. The predicted octanol–water partition coefficient (Wildman–Crippen LogP) is 1.48. The highest BCUT2D eigenvalue weighted by molar-refractivity contribution is 7.80. The first kappa shape index (κ1) is 7.63. The summed E-state index contributed by atoms with van der Waals surface area (Å²) in [4.78, 5) is 1.00. The van der Waals surface area contributed by atoms with Gasteiger partial charge in [0.25, 0.3) is 0 Å². The lowest BCUT2D eigenvalue weighted by molar-refractivity contribution is 0.967. The summed E-state index contributed by atoms with van der Waals surface area (Å²) in [6.45, 7) is 0.714. The van der Waals surface area contributed by atoms with Crippen molar-refractivity contribution < 1.29 is 0 Å². The van der Waals surface area contributed by atoms with Crippen LogP contribution in [-0.2, 0) is 6.42 Å². The van der Waals surface area contributed by atoms with Gasteiger partial charge >= 0.3 is 0 Å². The van der Waals surface area contributed by atoms with Crippen LogP contribution in [0.3, 0.4) is 0 Å². The van der Waals surface area contributed by atoms with Crippen LogP contribution >= 0.6 is 12.6 Å². The van der Waals surface area contributed by atoms with Gasteiger partial charge in [0.15, 0.2) is 0 Å². The molecule has 0 spiro atoms. The van der Waals surface area contributed by atoms with Gasteiger partial charge in [0.2, 0.25) is 0 Å². The highest BCUT2D eigenvalue weighted by atomic mass is 32.1. The van der Waals surface area contributed by atoms with Crippen LogP contribution in [0.4, 0.5) is 0 Å². The van der Waals surface area contributed by atoms with E-state index in [4.69, 9.17) is 5.73 Å². The second-order valence-electron chi connectivity index (χ2n) is 2.21. The van der Waals surface area contributed by atoms with Gasteiger partial charge in [-0.3, -0.25) is 0 Å².